The van der Waals surface area contributed by atoms with Crippen LogP contribution in [0.2, 0.25) is 0 Å². The first-order valence-electron chi connectivity index (χ1n) is 6.43. The van der Waals surface area contributed by atoms with Crippen LogP contribution in [-0.4, -0.2) is 42.6 Å². The van der Waals surface area contributed by atoms with E-state index >= 15 is 0 Å². The Morgan fingerprint density at radius 1 is 1.44 bits per heavy atom. The Hall–Kier alpha value is -0.620. The molecule has 1 aliphatic heterocycles. The maximum atomic E-state index is 12.0. The lowest BCUT2D eigenvalue weighted by Gasteiger charge is -2.38. The van der Waals surface area contributed by atoms with Crippen LogP contribution in [0.15, 0.2) is 0 Å². The minimum absolute atomic E-state index is 0.115. The Bertz CT molecular complexity index is 402. The fourth-order valence-corrected chi connectivity index (χ4v) is 3.93. The van der Waals surface area contributed by atoms with Gasteiger partial charge in [0.05, 0.1) is 11.2 Å². The molecule has 106 valence electrons. The number of piperidine rings is 1. The average Bonchev–Trinajstić information content (AvgIpc) is 2.29. The molecule has 1 unspecified atom stereocenters. The monoisotopic (exact) mass is 277 g/mol. The maximum Gasteiger partial charge on any atom is 0.309 e. The molecule has 6 heteroatoms. The highest BCUT2D eigenvalue weighted by Crippen LogP contribution is 2.35. The number of carbonyl (C=O) groups is 1. The first-order valence-corrected chi connectivity index (χ1v) is 8.04. The minimum atomic E-state index is -3.21. The second-order valence-corrected chi connectivity index (χ2v) is 7.63. The third kappa shape index (κ3) is 3.23. The third-order valence-corrected chi connectivity index (χ3v) is 5.85. The number of rotatable bonds is 5. The largest absolute Gasteiger partial charge is 0.481 e. The first kappa shape index (κ1) is 15.4. The molecule has 18 heavy (non-hydrogen) atoms. The summed E-state index contributed by atoms with van der Waals surface area (Å²) in [6.45, 7) is 6.04. The summed E-state index contributed by atoms with van der Waals surface area (Å²) < 4.78 is 25.5. The van der Waals surface area contributed by atoms with E-state index in [1.807, 2.05) is 6.92 Å². The van der Waals surface area contributed by atoms with Crippen LogP contribution in [0.3, 0.4) is 0 Å². The van der Waals surface area contributed by atoms with Gasteiger partial charge in [0.25, 0.3) is 0 Å². The number of hydrogen-bond donors (Lipinski definition) is 1. The van der Waals surface area contributed by atoms with E-state index in [2.05, 4.69) is 0 Å². The van der Waals surface area contributed by atoms with E-state index in [0.717, 1.165) is 12.8 Å². The summed E-state index contributed by atoms with van der Waals surface area (Å²) in [6.07, 6.45) is 2.10. The molecule has 1 N–H and O–H groups in total. The van der Waals surface area contributed by atoms with Gasteiger partial charge in [-0.2, -0.15) is 0 Å². The van der Waals surface area contributed by atoms with Crippen molar-refractivity contribution < 1.29 is 18.3 Å². The van der Waals surface area contributed by atoms with E-state index in [9.17, 15) is 18.3 Å². The Kier molecular flexibility index (Phi) is 4.78. The van der Waals surface area contributed by atoms with Crippen LogP contribution < -0.4 is 0 Å². The minimum Gasteiger partial charge on any atom is -0.481 e. The Morgan fingerprint density at radius 2 is 2.06 bits per heavy atom. The number of carboxylic acid groups (broad SMARTS) is 1. The molecule has 1 aliphatic rings. The number of carboxylic acids is 1. The summed E-state index contributed by atoms with van der Waals surface area (Å²) in [7, 11) is -3.21. The van der Waals surface area contributed by atoms with Crippen molar-refractivity contribution in [3.63, 3.8) is 0 Å². The molecule has 0 saturated carbocycles. The lowest BCUT2D eigenvalue weighted by atomic mass is 9.75. The van der Waals surface area contributed by atoms with Crippen LogP contribution in [0.4, 0.5) is 0 Å². The molecular formula is C12H23NO4S. The summed E-state index contributed by atoms with van der Waals surface area (Å²) in [5.41, 5.74) is -0.875. The van der Waals surface area contributed by atoms with Crippen molar-refractivity contribution in [1.82, 2.24) is 4.31 Å². The number of hydrogen-bond acceptors (Lipinski definition) is 3. The lowest BCUT2D eigenvalue weighted by Crippen LogP contribution is -2.47. The molecule has 0 aromatic carbocycles. The Morgan fingerprint density at radius 3 is 2.56 bits per heavy atom. The molecule has 0 aromatic rings. The topological polar surface area (TPSA) is 74.7 Å². The first-order chi connectivity index (χ1) is 8.21. The van der Waals surface area contributed by atoms with E-state index in [1.165, 1.54) is 4.31 Å². The van der Waals surface area contributed by atoms with Gasteiger partial charge in [-0.25, -0.2) is 12.7 Å². The van der Waals surface area contributed by atoms with E-state index in [1.54, 1.807) is 13.8 Å². The van der Waals surface area contributed by atoms with Crippen molar-refractivity contribution >= 4 is 16.0 Å². The highest BCUT2D eigenvalue weighted by molar-refractivity contribution is 7.89. The predicted octanol–water partition coefficient (Wildman–Crippen LogP) is 1.55. The normalized spacial score (nSPS) is 22.9. The SMILES string of the molecule is CCCS(=O)(=O)N1CCCC(C(C)(C)C(=O)O)C1. The van der Waals surface area contributed by atoms with Crippen molar-refractivity contribution in [2.24, 2.45) is 11.3 Å². The van der Waals surface area contributed by atoms with Crippen molar-refractivity contribution in [2.45, 2.75) is 40.0 Å². The van der Waals surface area contributed by atoms with Gasteiger partial charge in [0, 0.05) is 13.1 Å². The molecule has 1 rings (SSSR count). The molecule has 0 bridgehead atoms. The lowest BCUT2D eigenvalue weighted by molar-refractivity contribution is -0.151. The van der Waals surface area contributed by atoms with Crippen molar-refractivity contribution in [3.8, 4) is 0 Å². The number of nitrogens with zero attached hydrogens (tertiary/aromatic N) is 1. The molecule has 1 atom stereocenters. The van der Waals surface area contributed by atoms with E-state index < -0.39 is 21.4 Å². The molecule has 0 amide bonds. The van der Waals surface area contributed by atoms with E-state index in [4.69, 9.17) is 0 Å². The Labute approximate surface area is 109 Å². The van der Waals surface area contributed by atoms with Gasteiger partial charge in [-0.05, 0) is 39.0 Å². The zero-order valence-electron chi connectivity index (χ0n) is 11.3. The highest BCUT2D eigenvalue weighted by Gasteiger charge is 2.41. The van der Waals surface area contributed by atoms with Crippen molar-refractivity contribution in [1.29, 1.82) is 0 Å². The van der Waals surface area contributed by atoms with Gasteiger partial charge in [0.2, 0.25) is 10.0 Å². The summed E-state index contributed by atoms with van der Waals surface area (Å²) >= 11 is 0. The van der Waals surface area contributed by atoms with Crippen LogP contribution in [0.5, 0.6) is 0 Å². The van der Waals surface area contributed by atoms with Gasteiger partial charge < -0.3 is 5.11 Å². The van der Waals surface area contributed by atoms with Crippen LogP contribution in [0.25, 0.3) is 0 Å². The van der Waals surface area contributed by atoms with Gasteiger partial charge in [-0.3, -0.25) is 4.79 Å². The smallest absolute Gasteiger partial charge is 0.309 e. The quantitative estimate of drug-likeness (QED) is 0.827. The molecule has 0 radical (unpaired) electrons. The zero-order valence-corrected chi connectivity index (χ0v) is 12.2. The zero-order chi connectivity index (χ0) is 14.0. The second-order valence-electron chi connectivity index (χ2n) is 5.54. The standard InChI is InChI=1S/C12H23NO4S/c1-4-8-18(16,17)13-7-5-6-10(9-13)12(2,3)11(14)15/h10H,4-9H2,1-3H3,(H,14,15). The summed E-state index contributed by atoms with van der Waals surface area (Å²) in [6, 6.07) is 0. The molecule has 5 nitrogen and oxygen atoms in total. The van der Waals surface area contributed by atoms with Crippen LogP contribution in [0, 0.1) is 11.3 Å². The highest BCUT2D eigenvalue weighted by atomic mass is 32.2. The second kappa shape index (κ2) is 5.57. The molecule has 1 fully saturated rings. The van der Waals surface area contributed by atoms with Crippen molar-refractivity contribution in [3.05, 3.63) is 0 Å². The van der Waals surface area contributed by atoms with Gasteiger partial charge in [0.1, 0.15) is 0 Å². The average molecular weight is 277 g/mol. The molecule has 1 heterocycles. The summed E-state index contributed by atoms with van der Waals surface area (Å²) in [5, 5.41) is 9.22. The van der Waals surface area contributed by atoms with Crippen LogP contribution in [-0.2, 0) is 14.8 Å². The van der Waals surface area contributed by atoms with Gasteiger partial charge in [-0.15, -0.1) is 0 Å². The van der Waals surface area contributed by atoms with E-state index in [-0.39, 0.29) is 11.7 Å². The fraction of sp³-hybridized carbons (Fsp3) is 0.917. The summed E-state index contributed by atoms with van der Waals surface area (Å²) in [4.78, 5) is 11.2. The third-order valence-electron chi connectivity index (χ3n) is 3.81. The molecule has 0 aliphatic carbocycles. The molecule has 1 saturated heterocycles. The Balaban J connectivity index is 2.82. The molecule has 0 aromatic heterocycles. The van der Waals surface area contributed by atoms with Crippen molar-refractivity contribution in [2.75, 3.05) is 18.8 Å². The van der Waals surface area contributed by atoms with Gasteiger partial charge >= 0.3 is 5.97 Å². The molecule has 0 spiro atoms. The van der Waals surface area contributed by atoms with Crippen LogP contribution >= 0.6 is 0 Å². The fourth-order valence-electron chi connectivity index (χ4n) is 2.35. The van der Waals surface area contributed by atoms with E-state index in [0.29, 0.717) is 19.5 Å². The predicted molar refractivity (Wildman–Crippen MR) is 69.8 cm³/mol. The number of sulfonamides is 1. The maximum absolute atomic E-state index is 12.0. The van der Waals surface area contributed by atoms with Gasteiger partial charge in [0.15, 0.2) is 0 Å². The summed E-state index contributed by atoms with van der Waals surface area (Å²) in [5.74, 6) is -0.828. The molecular weight excluding hydrogens is 254 g/mol. The number of aliphatic carboxylic acids is 1. The van der Waals surface area contributed by atoms with Crippen LogP contribution in [0.1, 0.15) is 40.0 Å². The van der Waals surface area contributed by atoms with Gasteiger partial charge in [-0.1, -0.05) is 6.92 Å².